The normalized spacial score (nSPS) is 34.7. The molecule has 0 bridgehead atoms. The molecule has 0 aromatic rings. The smallest absolute Gasteiger partial charge is 0.248 e. The summed E-state index contributed by atoms with van der Waals surface area (Å²) in [7, 11) is -1.38. The van der Waals surface area contributed by atoms with Crippen LogP contribution in [0, 0.1) is 0 Å². The van der Waals surface area contributed by atoms with Crippen LogP contribution in [0.5, 0.6) is 0 Å². The molecule has 2 aliphatic heterocycles. The first kappa shape index (κ1) is 20.3. The average Bonchev–Trinajstić information content (AvgIpc) is 3.15. The Bertz CT molecular complexity index is 427. The van der Waals surface area contributed by atoms with Crippen molar-refractivity contribution in [2.75, 3.05) is 46.5 Å². The van der Waals surface area contributed by atoms with Gasteiger partial charge in [-0.2, -0.15) is 0 Å². The number of likely N-dealkylation sites (tertiary alicyclic amines) is 2. The molecule has 2 rings (SSSR count). The van der Waals surface area contributed by atoms with E-state index in [0.29, 0.717) is 19.6 Å². The molecular weight excluding hydrogens is 331 g/mol. The molecular formula is C16H33N2O5P. The molecule has 0 aromatic carbocycles. The van der Waals surface area contributed by atoms with Gasteiger partial charge >= 0.3 is 0 Å². The Morgan fingerprint density at radius 2 is 1.67 bits per heavy atom. The predicted octanol–water partition coefficient (Wildman–Crippen LogP) is 0.771. The van der Waals surface area contributed by atoms with Crippen molar-refractivity contribution in [2.24, 2.45) is 0 Å². The van der Waals surface area contributed by atoms with E-state index in [4.69, 9.17) is 13.8 Å². The molecule has 0 amide bonds. The summed E-state index contributed by atoms with van der Waals surface area (Å²) in [5.74, 6) is 0. The molecule has 2 fully saturated rings. The zero-order chi connectivity index (χ0) is 17.7. The van der Waals surface area contributed by atoms with E-state index >= 15 is 0 Å². The summed E-state index contributed by atoms with van der Waals surface area (Å²) < 4.78 is 16.9. The second-order valence-corrected chi connectivity index (χ2v) is 8.40. The number of hydrogen-bond donors (Lipinski definition) is 2. The number of hydrogen-bond acceptors (Lipinski definition) is 7. The van der Waals surface area contributed by atoms with Gasteiger partial charge in [0.25, 0.3) is 0 Å². The van der Waals surface area contributed by atoms with Gasteiger partial charge in [0.1, 0.15) is 0 Å². The van der Waals surface area contributed by atoms with Gasteiger partial charge in [-0.15, -0.1) is 0 Å². The average molecular weight is 364 g/mol. The number of ether oxygens (including phenoxy) is 1. The summed E-state index contributed by atoms with van der Waals surface area (Å²) in [5.41, 5.74) is 0. The van der Waals surface area contributed by atoms with Crippen molar-refractivity contribution < 1.29 is 23.8 Å². The highest BCUT2D eigenvalue weighted by atomic mass is 31.2. The lowest BCUT2D eigenvalue weighted by atomic mass is 10.2. The van der Waals surface area contributed by atoms with Crippen molar-refractivity contribution in [3.05, 3.63) is 0 Å². The molecule has 0 radical (unpaired) electrons. The molecule has 2 heterocycles. The van der Waals surface area contributed by atoms with E-state index in [1.54, 1.807) is 7.11 Å². The zero-order valence-electron chi connectivity index (χ0n) is 15.1. The van der Waals surface area contributed by atoms with Crippen molar-refractivity contribution in [3.8, 4) is 0 Å². The quantitative estimate of drug-likeness (QED) is 0.586. The van der Waals surface area contributed by atoms with Crippen molar-refractivity contribution in [3.63, 3.8) is 0 Å². The molecule has 8 heteroatoms. The second kappa shape index (κ2) is 9.10. The van der Waals surface area contributed by atoms with Crippen LogP contribution in [-0.2, 0) is 13.8 Å². The maximum atomic E-state index is 10.5. The van der Waals surface area contributed by atoms with Crippen LogP contribution in [0.4, 0.5) is 0 Å². The monoisotopic (exact) mass is 364 g/mol. The molecule has 7 nitrogen and oxygen atoms in total. The third-order valence-electron chi connectivity index (χ3n) is 5.12. The third kappa shape index (κ3) is 5.26. The number of likely N-dealkylation sites (N-methyl/N-ethyl adjacent to an activating group) is 2. The minimum absolute atomic E-state index is 0.0906. The minimum atomic E-state index is -3.11. The number of aliphatic hydroxyl groups excluding tert-OH is 1. The van der Waals surface area contributed by atoms with Gasteiger partial charge in [-0.3, -0.25) is 9.80 Å². The molecule has 5 unspecified atom stereocenters. The van der Waals surface area contributed by atoms with Gasteiger partial charge in [-0.1, -0.05) is 13.8 Å². The van der Waals surface area contributed by atoms with Crippen LogP contribution < -0.4 is 0 Å². The van der Waals surface area contributed by atoms with Crippen molar-refractivity contribution in [1.29, 1.82) is 0 Å². The SMILES string of the molecule is C=P(O)(OCC1CC(OC)CN1CC)OC1CC(CO)N(CC)C1. The van der Waals surface area contributed by atoms with Crippen LogP contribution >= 0.6 is 7.57 Å². The largest absolute Gasteiger partial charge is 0.395 e. The summed E-state index contributed by atoms with van der Waals surface area (Å²) in [6, 6.07) is 0.311. The fourth-order valence-corrected chi connectivity index (χ4v) is 4.81. The van der Waals surface area contributed by atoms with Gasteiger partial charge in [-0.25, -0.2) is 0 Å². The number of aliphatic hydroxyl groups is 1. The van der Waals surface area contributed by atoms with Gasteiger partial charge in [0, 0.05) is 32.3 Å². The molecule has 2 N–H and O–H groups in total. The van der Waals surface area contributed by atoms with Gasteiger partial charge in [0.2, 0.25) is 7.57 Å². The van der Waals surface area contributed by atoms with E-state index in [0.717, 1.165) is 26.1 Å². The van der Waals surface area contributed by atoms with E-state index in [2.05, 4.69) is 29.9 Å². The Hall–Kier alpha value is 0.0200. The van der Waals surface area contributed by atoms with E-state index in [-0.39, 0.29) is 30.9 Å². The van der Waals surface area contributed by atoms with E-state index in [1.165, 1.54) is 0 Å². The van der Waals surface area contributed by atoms with Crippen molar-refractivity contribution in [2.45, 2.75) is 51.0 Å². The second-order valence-electron chi connectivity index (χ2n) is 6.66. The Kier molecular flexibility index (Phi) is 7.71. The molecule has 142 valence electrons. The standard InChI is InChI=1S/C16H33N2O5P/c1-5-17-10-16(7-13(17)11-19)23-24(4,20)22-12-14-8-15(21-3)9-18(14)6-2/h13-16,19-20H,4-12H2,1-3H3. The fourth-order valence-electron chi connectivity index (χ4n) is 3.73. The molecule has 0 saturated carbocycles. The minimum Gasteiger partial charge on any atom is -0.395 e. The van der Waals surface area contributed by atoms with Crippen LogP contribution in [-0.4, -0.2) is 96.9 Å². The molecule has 24 heavy (non-hydrogen) atoms. The van der Waals surface area contributed by atoms with Crippen LogP contribution in [0.1, 0.15) is 26.7 Å². The van der Waals surface area contributed by atoms with E-state index < -0.39 is 7.57 Å². The predicted molar refractivity (Wildman–Crippen MR) is 96.3 cm³/mol. The number of rotatable bonds is 9. The van der Waals surface area contributed by atoms with Gasteiger partial charge in [0.05, 0.1) is 25.4 Å². The molecule has 2 saturated heterocycles. The maximum absolute atomic E-state index is 10.5. The highest BCUT2D eigenvalue weighted by Crippen LogP contribution is 2.46. The third-order valence-corrected chi connectivity index (χ3v) is 6.30. The van der Waals surface area contributed by atoms with Gasteiger partial charge in [-0.05, 0) is 32.2 Å². The molecule has 0 spiro atoms. The fraction of sp³-hybridized carbons (Fsp3) is 0.938. The lowest BCUT2D eigenvalue weighted by molar-refractivity contribution is 0.109. The summed E-state index contributed by atoms with van der Waals surface area (Å²) in [6.45, 7) is 8.03. The molecule has 2 aliphatic rings. The van der Waals surface area contributed by atoms with Crippen LogP contribution in [0.2, 0.25) is 0 Å². The van der Waals surface area contributed by atoms with Gasteiger partial charge < -0.3 is 23.8 Å². The lowest BCUT2D eigenvalue weighted by Gasteiger charge is -2.27. The van der Waals surface area contributed by atoms with Gasteiger partial charge in [0.15, 0.2) is 0 Å². The summed E-state index contributed by atoms with van der Waals surface area (Å²) >= 11 is 0. The Balaban J connectivity index is 1.82. The van der Waals surface area contributed by atoms with Crippen molar-refractivity contribution in [1.82, 2.24) is 9.80 Å². The van der Waals surface area contributed by atoms with E-state index in [9.17, 15) is 10.00 Å². The first-order chi connectivity index (χ1) is 11.4. The maximum Gasteiger partial charge on any atom is 0.248 e. The van der Waals surface area contributed by atoms with E-state index in [1.807, 2.05) is 0 Å². The zero-order valence-corrected chi connectivity index (χ0v) is 16.0. The molecule has 0 aliphatic carbocycles. The Morgan fingerprint density at radius 1 is 1.08 bits per heavy atom. The summed E-state index contributed by atoms with van der Waals surface area (Å²) in [6.07, 6.45) is 5.44. The highest BCUT2D eigenvalue weighted by molar-refractivity contribution is 7.58. The summed E-state index contributed by atoms with van der Waals surface area (Å²) in [5, 5.41) is 9.42. The number of methoxy groups -OCH3 is 1. The molecule has 5 atom stereocenters. The number of nitrogens with zero attached hydrogens (tertiary/aromatic N) is 2. The Labute approximate surface area is 145 Å². The van der Waals surface area contributed by atoms with Crippen LogP contribution in [0.3, 0.4) is 0 Å². The highest BCUT2D eigenvalue weighted by Gasteiger charge is 2.35. The topological polar surface area (TPSA) is 74.6 Å². The van der Waals surface area contributed by atoms with Crippen LogP contribution in [0.25, 0.3) is 0 Å². The first-order valence-corrected chi connectivity index (χ1v) is 10.6. The summed E-state index contributed by atoms with van der Waals surface area (Å²) in [4.78, 5) is 14.9. The lowest BCUT2D eigenvalue weighted by Crippen LogP contribution is -2.33. The molecule has 0 aromatic heterocycles. The van der Waals surface area contributed by atoms with Crippen LogP contribution in [0.15, 0.2) is 0 Å². The Morgan fingerprint density at radius 3 is 2.21 bits per heavy atom. The van der Waals surface area contributed by atoms with Crippen molar-refractivity contribution >= 4 is 13.9 Å². The first-order valence-electron chi connectivity index (χ1n) is 8.83.